The second-order valence-electron chi connectivity index (χ2n) is 10.0. The van der Waals surface area contributed by atoms with E-state index in [1.54, 1.807) is 40.9 Å². The first kappa shape index (κ1) is 25.9. The second kappa shape index (κ2) is 9.40. The van der Waals surface area contributed by atoms with E-state index in [0.717, 1.165) is 17.2 Å². The Hall–Kier alpha value is -4.33. The Morgan fingerprint density at radius 2 is 2.05 bits per heavy atom. The van der Waals surface area contributed by atoms with E-state index in [-0.39, 0.29) is 39.4 Å². The number of pyridine rings is 2. The van der Waals surface area contributed by atoms with Crippen molar-refractivity contribution in [1.82, 2.24) is 34.2 Å². The molecule has 1 saturated carbocycles. The Morgan fingerprint density at radius 1 is 1.27 bits per heavy atom. The lowest BCUT2D eigenvalue weighted by molar-refractivity contribution is -0.153. The minimum Gasteiger partial charge on any atom is -0.450 e. The van der Waals surface area contributed by atoms with Gasteiger partial charge in [-0.3, -0.25) is 14.5 Å². The minimum absolute atomic E-state index is 0.0223. The number of ether oxygens (including phenoxy) is 1. The number of carbonyl (C=O) groups excluding carboxylic acids is 1. The molecule has 0 aromatic carbocycles. The smallest absolute Gasteiger partial charge is 0.433 e. The summed E-state index contributed by atoms with van der Waals surface area (Å²) in [6.07, 6.45) is 1.42. The Bertz CT molecular complexity index is 1620. The molecule has 0 unspecified atom stereocenters. The Balaban J connectivity index is 1.26. The zero-order valence-electron chi connectivity index (χ0n) is 21.1. The number of nitrogens with two attached hydrogens (primary N) is 1. The first-order valence-electron chi connectivity index (χ1n) is 12.3. The van der Waals surface area contributed by atoms with Crippen LogP contribution in [0.15, 0.2) is 42.9 Å². The van der Waals surface area contributed by atoms with E-state index in [0.29, 0.717) is 37.1 Å². The number of anilines is 2. The van der Waals surface area contributed by atoms with Crippen LogP contribution in [0.5, 0.6) is 5.75 Å². The van der Waals surface area contributed by atoms with Crippen LogP contribution >= 0.6 is 11.6 Å². The molecule has 0 atom stereocenters. The second-order valence-corrected chi connectivity index (χ2v) is 10.4. The van der Waals surface area contributed by atoms with Crippen LogP contribution in [0.3, 0.4) is 0 Å². The maximum Gasteiger partial charge on any atom is 0.433 e. The van der Waals surface area contributed by atoms with Crippen LogP contribution in [0.1, 0.15) is 30.3 Å². The maximum atomic E-state index is 13.9. The average molecular weight is 574 g/mol. The van der Waals surface area contributed by atoms with E-state index in [1.807, 2.05) is 0 Å². The molecule has 2 fully saturated rings. The summed E-state index contributed by atoms with van der Waals surface area (Å²) in [5.74, 6) is 0.613. The lowest BCUT2D eigenvalue weighted by atomic mass is 9.61. The molecule has 1 spiro atoms. The third kappa shape index (κ3) is 4.37. The Kier molecular flexibility index (Phi) is 6.09. The van der Waals surface area contributed by atoms with Gasteiger partial charge in [0.2, 0.25) is 12.4 Å². The molecular formula is C25H23ClF3N9O2. The molecular weight excluding hydrogens is 551 g/mol. The van der Waals surface area contributed by atoms with Gasteiger partial charge in [0.15, 0.2) is 23.0 Å². The van der Waals surface area contributed by atoms with Gasteiger partial charge in [-0.25, -0.2) is 4.98 Å². The number of imidazole rings is 1. The number of fused-ring (bicyclic) bond motifs is 1. The molecule has 4 aromatic rings. The van der Waals surface area contributed by atoms with Crippen molar-refractivity contribution in [3.63, 3.8) is 0 Å². The summed E-state index contributed by atoms with van der Waals surface area (Å²) in [5, 5.41) is 7.28. The van der Waals surface area contributed by atoms with Crippen molar-refractivity contribution in [2.75, 3.05) is 18.4 Å². The summed E-state index contributed by atoms with van der Waals surface area (Å²) in [5.41, 5.74) is 5.88. The van der Waals surface area contributed by atoms with Gasteiger partial charge >= 0.3 is 6.18 Å². The number of alkyl halides is 3. The van der Waals surface area contributed by atoms with E-state index in [1.165, 1.54) is 12.4 Å². The first-order chi connectivity index (χ1) is 19.1. The average Bonchev–Trinajstić information content (AvgIpc) is 3.44. The van der Waals surface area contributed by atoms with Gasteiger partial charge in [0.25, 0.3) is 0 Å². The molecule has 11 nitrogen and oxygen atoms in total. The van der Waals surface area contributed by atoms with Crippen LogP contribution < -0.4 is 15.8 Å². The molecule has 1 saturated heterocycles. The van der Waals surface area contributed by atoms with Gasteiger partial charge in [-0.15, -0.1) is 0 Å². The number of hydrogen-bond donors (Lipinski definition) is 2. The predicted octanol–water partition coefficient (Wildman–Crippen LogP) is 4.11. The van der Waals surface area contributed by atoms with Crippen LogP contribution in [0.2, 0.25) is 5.02 Å². The summed E-state index contributed by atoms with van der Waals surface area (Å²) < 4.78 is 50.2. The van der Waals surface area contributed by atoms with Crippen LogP contribution in [0.4, 0.5) is 24.9 Å². The van der Waals surface area contributed by atoms with Crippen LogP contribution in [0.25, 0.3) is 16.9 Å². The number of nitrogens with one attached hydrogen (secondary N) is 1. The number of hydrogen-bond acceptors (Lipinski definition) is 8. The summed E-state index contributed by atoms with van der Waals surface area (Å²) in [6.45, 7) is 1.12. The van der Waals surface area contributed by atoms with Gasteiger partial charge in [0.1, 0.15) is 21.9 Å². The fraction of sp³-hybridized carbons (Fsp3) is 0.320. The van der Waals surface area contributed by atoms with Crippen molar-refractivity contribution in [2.24, 2.45) is 18.2 Å². The summed E-state index contributed by atoms with van der Waals surface area (Å²) in [6, 6.07) is 5.79. The quantitative estimate of drug-likeness (QED) is 0.250. The number of likely N-dealkylation sites (tertiary alicyclic amines) is 1. The molecule has 6 rings (SSSR count). The highest BCUT2D eigenvalue weighted by Gasteiger charge is 2.54. The fourth-order valence-corrected chi connectivity index (χ4v) is 5.71. The highest BCUT2D eigenvalue weighted by Crippen LogP contribution is 2.54. The molecule has 0 radical (unpaired) electrons. The molecule has 5 heterocycles. The van der Waals surface area contributed by atoms with Gasteiger partial charge in [-0.1, -0.05) is 17.7 Å². The van der Waals surface area contributed by atoms with Crippen molar-refractivity contribution >= 4 is 46.7 Å². The van der Waals surface area contributed by atoms with E-state index in [4.69, 9.17) is 22.1 Å². The number of halogens is 4. The van der Waals surface area contributed by atoms with Gasteiger partial charge in [0.05, 0.1) is 12.2 Å². The molecule has 1 aliphatic heterocycles. The lowest BCUT2D eigenvalue weighted by Crippen LogP contribution is -2.61. The molecule has 2 aliphatic rings. The van der Waals surface area contributed by atoms with Gasteiger partial charge in [0, 0.05) is 44.0 Å². The number of aromatic nitrogens is 6. The zero-order chi connectivity index (χ0) is 28.2. The summed E-state index contributed by atoms with van der Waals surface area (Å²) in [7, 11) is 1.64. The zero-order valence-corrected chi connectivity index (χ0v) is 21.8. The van der Waals surface area contributed by atoms with Crippen LogP contribution in [-0.2, 0) is 18.0 Å². The maximum absolute atomic E-state index is 13.9. The molecule has 4 aromatic heterocycles. The highest BCUT2D eigenvalue weighted by molar-refractivity contribution is 6.36. The van der Waals surface area contributed by atoms with Crippen molar-refractivity contribution < 1.29 is 22.7 Å². The number of aryl methyl sites for hydroxylation is 1. The molecule has 40 heavy (non-hydrogen) atoms. The lowest BCUT2D eigenvalue weighted by Gasteiger charge is -2.58. The number of carbonyl (C=O) groups is 1. The first-order valence-corrected chi connectivity index (χ1v) is 12.6. The molecule has 1 aliphatic carbocycles. The Labute approximate surface area is 230 Å². The van der Waals surface area contributed by atoms with E-state index in [2.05, 4.69) is 25.4 Å². The standard InChI is InChI=1S/C25H23ClF3N9O2/c1-36-21-20(26)17(40-16(9-30)15-4-2-3-5-31-15)10-32-22(21)34-23(36)33-19-6-18(25(27,28)29)38(35-19)14-7-24(8-14)11-37(12-24)13-39/h2-6,9-10,13-14H,7-8,11-12,30H2,1H3,(H,32,33,34,35)/b16-9+. The highest BCUT2D eigenvalue weighted by atomic mass is 35.5. The van der Waals surface area contributed by atoms with E-state index in [9.17, 15) is 18.0 Å². The molecule has 3 N–H and O–H groups in total. The van der Waals surface area contributed by atoms with Crippen molar-refractivity contribution in [3.8, 4) is 5.75 Å². The van der Waals surface area contributed by atoms with Crippen LogP contribution in [-0.4, -0.2) is 53.7 Å². The topological polar surface area (TPSA) is 129 Å². The SMILES string of the molecule is Cn1c(Nc2cc(C(F)(F)F)n(C3CC4(C3)CN(C=O)C4)n2)nc2ncc(O/C(=C/N)c3ccccn3)c(Cl)c21. The van der Waals surface area contributed by atoms with Gasteiger partial charge in [-0.2, -0.15) is 23.3 Å². The normalized spacial score (nSPS) is 17.1. The van der Waals surface area contributed by atoms with Crippen molar-refractivity contribution in [2.45, 2.75) is 25.1 Å². The number of rotatable bonds is 7. The number of amides is 1. The third-order valence-corrected chi connectivity index (χ3v) is 7.63. The number of nitrogens with zero attached hydrogens (tertiary/aromatic N) is 7. The van der Waals surface area contributed by atoms with Gasteiger partial charge < -0.3 is 25.3 Å². The third-order valence-electron chi connectivity index (χ3n) is 7.27. The monoisotopic (exact) mass is 573 g/mol. The molecule has 1 amide bonds. The minimum atomic E-state index is -4.60. The molecule has 0 bridgehead atoms. The van der Waals surface area contributed by atoms with E-state index >= 15 is 0 Å². The Morgan fingerprint density at radius 3 is 2.70 bits per heavy atom. The summed E-state index contributed by atoms with van der Waals surface area (Å²) >= 11 is 6.64. The fourth-order valence-electron chi connectivity index (χ4n) is 5.42. The van der Waals surface area contributed by atoms with Crippen LogP contribution in [0, 0.1) is 5.41 Å². The molecule has 208 valence electrons. The van der Waals surface area contributed by atoms with E-state index < -0.39 is 17.9 Å². The van der Waals surface area contributed by atoms with Crippen molar-refractivity contribution in [1.29, 1.82) is 0 Å². The molecule has 15 heteroatoms. The van der Waals surface area contributed by atoms with Crippen molar-refractivity contribution in [3.05, 3.63) is 59.3 Å². The largest absolute Gasteiger partial charge is 0.450 e. The predicted molar refractivity (Wildman–Crippen MR) is 139 cm³/mol. The van der Waals surface area contributed by atoms with Gasteiger partial charge in [-0.05, 0) is 25.0 Å². The summed E-state index contributed by atoms with van der Waals surface area (Å²) in [4.78, 5) is 25.4.